The quantitative estimate of drug-likeness (QED) is 0.825. The second-order valence-electron chi connectivity index (χ2n) is 6.03. The molecule has 1 aromatic rings. The molecule has 3 heteroatoms. The number of hydrogen-bond acceptors (Lipinski definition) is 2. The van der Waals surface area contributed by atoms with E-state index in [9.17, 15) is 4.79 Å². The molecule has 0 saturated heterocycles. The van der Waals surface area contributed by atoms with Crippen LogP contribution in [0.4, 0.5) is 11.4 Å². The highest BCUT2D eigenvalue weighted by atomic mass is 16.2. The van der Waals surface area contributed by atoms with Crippen molar-refractivity contribution < 1.29 is 4.79 Å². The average molecular weight is 246 g/mol. The fraction of sp³-hybridized carbons (Fsp3) is 0.533. The highest BCUT2D eigenvalue weighted by Crippen LogP contribution is 2.36. The molecule has 0 atom stereocenters. The van der Waals surface area contributed by atoms with Gasteiger partial charge in [0.2, 0.25) is 5.91 Å². The maximum absolute atomic E-state index is 12.6. The molecule has 3 nitrogen and oxygen atoms in total. The zero-order valence-corrected chi connectivity index (χ0v) is 11.9. The van der Waals surface area contributed by atoms with E-state index in [-0.39, 0.29) is 17.4 Å². The Hall–Kier alpha value is -1.51. The highest BCUT2D eigenvalue weighted by molar-refractivity contribution is 6.02. The van der Waals surface area contributed by atoms with E-state index in [0.717, 1.165) is 11.4 Å². The van der Waals surface area contributed by atoms with Crippen LogP contribution in [-0.4, -0.2) is 18.5 Å². The Balaban J connectivity index is 2.57. The van der Waals surface area contributed by atoms with E-state index in [4.69, 9.17) is 0 Å². The number of aryl methyl sites for hydroxylation is 1. The van der Waals surface area contributed by atoms with E-state index >= 15 is 0 Å². The monoisotopic (exact) mass is 246 g/mol. The molecule has 2 rings (SSSR count). The van der Waals surface area contributed by atoms with Gasteiger partial charge in [-0.1, -0.05) is 6.07 Å². The number of fused-ring (bicyclic) bond motifs is 1. The van der Waals surface area contributed by atoms with Crippen LogP contribution in [0.3, 0.4) is 0 Å². The van der Waals surface area contributed by atoms with Crippen molar-refractivity contribution in [1.82, 2.24) is 0 Å². The summed E-state index contributed by atoms with van der Waals surface area (Å²) in [6.45, 7) is 10.9. The van der Waals surface area contributed by atoms with Crippen LogP contribution in [0.25, 0.3) is 0 Å². The van der Waals surface area contributed by atoms with Crippen LogP contribution in [-0.2, 0) is 4.79 Å². The van der Waals surface area contributed by atoms with Crippen molar-refractivity contribution in [1.29, 1.82) is 0 Å². The fourth-order valence-electron chi connectivity index (χ4n) is 2.34. The summed E-state index contributed by atoms with van der Waals surface area (Å²) in [5.41, 5.74) is 2.88. The van der Waals surface area contributed by atoms with Crippen molar-refractivity contribution in [2.75, 3.05) is 16.8 Å². The van der Waals surface area contributed by atoms with Crippen LogP contribution in [0.5, 0.6) is 0 Å². The number of benzene rings is 1. The molecule has 0 saturated carbocycles. The van der Waals surface area contributed by atoms with Crippen LogP contribution in [0.2, 0.25) is 0 Å². The van der Waals surface area contributed by atoms with Crippen LogP contribution in [0.15, 0.2) is 18.2 Å². The summed E-state index contributed by atoms with van der Waals surface area (Å²) < 4.78 is 0. The van der Waals surface area contributed by atoms with Gasteiger partial charge in [-0.2, -0.15) is 0 Å². The molecule has 1 amide bonds. The van der Waals surface area contributed by atoms with Crippen molar-refractivity contribution in [2.24, 2.45) is 5.41 Å². The van der Waals surface area contributed by atoms with Gasteiger partial charge in [0.25, 0.3) is 0 Å². The van der Waals surface area contributed by atoms with Gasteiger partial charge in [0.05, 0.1) is 16.8 Å². The second-order valence-corrected chi connectivity index (χ2v) is 6.03. The topological polar surface area (TPSA) is 32.3 Å². The Kier molecular flexibility index (Phi) is 3.09. The Morgan fingerprint density at radius 2 is 2.00 bits per heavy atom. The molecule has 98 valence electrons. The molecule has 0 aliphatic carbocycles. The Labute approximate surface area is 109 Å². The number of carbonyl (C=O) groups excluding carboxylic acids is 1. The SMILES string of the molecule is Cc1ccc2c(c1)NCC(C)(C)C(=O)N2C(C)C. The summed E-state index contributed by atoms with van der Waals surface area (Å²) in [6, 6.07) is 6.37. The van der Waals surface area contributed by atoms with Gasteiger partial charge in [-0.05, 0) is 52.3 Å². The molecule has 0 radical (unpaired) electrons. The molecule has 1 N–H and O–H groups in total. The number of rotatable bonds is 1. The van der Waals surface area contributed by atoms with Gasteiger partial charge >= 0.3 is 0 Å². The summed E-state index contributed by atoms with van der Waals surface area (Å²) >= 11 is 0. The van der Waals surface area contributed by atoms with Crippen LogP contribution < -0.4 is 10.2 Å². The number of carbonyl (C=O) groups is 1. The summed E-state index contributed by atoms with van der Waals surface area (Å²) in [6.07, 6.45) is 0. The molecule has 18 heavy (non-hydrogen) atoms. The molecular formula is C15H22N2O. The third-order valence-corrected chi connectivity index (χ3v) is 3.45. The molecule has 0 spiro atoms. The van der Waals surface area contributed by atoms with Crippen LogP contribution in [0.1, 0.15) is 33.3 Å². The third-order valence-electron chi connectivity index (χ3n) is 3.45. The first-order valence-electron chi connectivity index (χ1n) is 6.51. The molecule has 1 aliphatic rings. The van der Waals surface area contributed by atoms with Gasteiger partial charge < -0.3 is 10.2 Å². The number of hydrogen-bond donors (Lipinski definition) is 1. The molecule has 1 aromatic carbocycles. The largest absolute Gasteiger partial charge is 0.382 e. The summed E-state index contributed by atoms with van der Waals surface area (Å²) in [5, 5.41) is 3.41. The maximum Gasteiger partial charge on any atom is 0.234 e. The predicted octanol–water partition coefficient (Wildman–Crippen LogP) is 3.19. The smallest absolute Gasteiger partial charge is 0.234 e. The van der Waals surface area contributed by atoms with Gasteiger partial charge in [-0.15, -0.1) is 0 Å². The van der Waals surface area contributed by atoms with E-state index in [1.165, 1.54) is 5.56 Å². The van der Waals surface area contributed by atoms with E-state index in [2.05, 4.69) is 38.2 Å². The zero-order valence-electron chi connectivity index (χ0n) is 11.9. The molecule has 1 heterocycles. The van der Waals surface area contributed by atoms with E-state index in [1.807, 2.05) is 24.8 Å². The molecule has 0 unspecified atom stereocenters. The lowest BCUT2D eigenvalue weighted by molar-refractivity contribution is -0.126. The minimum Gasteiger partial charge on any atom is -0.382 e. The van der Waals surface area contributed by atoms with Gasteiger partial charge in [-0.3, -0.25) is 4.79 Å². The molecule has 1 aliphatic heterocycles. The second kappa shape index (κ2) is 4.30. The highest BCUT2D eigenvalue weighted by Gasteiger charge is 2.37. The predicted molar refractivity (Wildman–Crippen MR) is 76.1 cm³/mol. The van der Waals surface area contributed by atoms with Crippen molar-refractivity contribution in [2.45, 2.75) is 40.7 Å². The summed E-state index contributed by atoms with van der Waals surface area (Å²) in [5.74, 6) is 0.188. The Bertz CT molecular complexity index is 477. The van der Waals surface area contributed by atoms with Crippen LogP contribution in [0, 0.1) is 12.3 Å². The average Bonchev–Trinajstić information content (AvgIpc) is 2.36. The van der Waals surface area contributed by atoms with Crippen molar-refractivity contribution in [3.05, 3.63) is 23.8 Å². The molecule has 0 aromatic heterocycles. The minimum atomic E-state index is -0.378. The lowest BCUT2D eigenvalue weighted by atomic mass is 9.91. The van der Waals surface area contributed by atoms with E-state index < -0.39 is 0 Å². The van der Waals surface area contributed by atoms with Gasteiger partial charge in [0, 0.05) is 12.6 Å². The molecular weight excluding hydrogens is 224 g/mol. The summed E-state index contributed by atoms with van der Waals surface area (Å²) in [7, 11) is 0. The maximum atomic E-state index is 12.6. The lowest BCUT2D eigenvalue weighted by Gasteiger charge is -2.32. The first-order valence-corrected chi connectivity index (χ1v) is 6.51. The normalized spacial score (nSPS) is 18.3. The Morgan fingerprint density at radius 3 is 2.61 bits per heavy atom. The van der Waals surface area contributed by atoms with Gasteiger partial charge in [0.15, 0.2) is 0 Å². The molecule has 0 fully saturated rings. The number of amides is 1. The molecule has 0 bridgehead atoms. The third kappa shape index (κ3) is 2.09. The first-order chi connectivity index (χ1) is 8.33. The summed E-state index contributed by atoms with van der Waals surface area (Å²) in [4.78, 5) is 14.6. The Morgan fingerprint density at radius 1 is 1.33 bits per heavy atom. The van der Waals surface area contributed by atoms with E-state index in [0.29, 0.717) is 6.54 Å². The van der Waals surface area contributed by atoms with Crippen molar-refractivity contribution in [3.63, 3.8) is 0 Å². The zero-order chi connectivity index (χ0) is 13.5. The standard InChI is InChI=1S/C15H22N2O/c1-10(2)17-13-7-6-11(3)8-12(13)16-9-15(4,5)14(17)18/h6-8,10,16H,9H2,1-5H3. The number of nitrogens with one attached hydrogen (secondary N) is 1. The fourth-order valence-corrected chi connectivity index (χ4v) is 2.34. The van der Waals surface area contributed by atoms with Crippen molar-refractivity contribution >= 4 is 17.3 Å². The first kappa shape index (κ1) is 12.9. The minimum absolute atomic E-state index is 0.165. The van der Waals surface area contributed by atoms with Crippen LogP contribution >= 0.6 is 0 Å². The van der Waals surface area contributed by atoms with Gasteiger partial charge in [0.1, 0.15) is 0 Å². The number of nitrogens with zero attached hydrogens (tertiary/aromatic N) is 1. The lowest BCUT2D eigenvalue weighted by Crippen LogP contribution is -2.45. The van der Waals surface area contributed by atoms with E-state index in [1.54, 1.807) is 0 Å². The number of anilines is 2. The van der Waals surface area contributed by atoms with Gasteiger partial charge in [-0.25, -0.2) is 0 Å². The van der Waals surface area contributed by atoms with Crippen molar-refractivity contribution in [3.8, 4) is 0 Å².